The van der Waals surface area contributed by atoms with Gasteiger partial charge in [0, 0.05) is 25.7 Å². The molecule has 0 saturated heterocycles. The summed E-state index contributed by atoms with van der Waals surface area (Å²) in [6.07, 6.45) is 1.74. The second-order valence-electron chi connectivity index (χ2n) is 2.38. The second-order valence-corrected chi connectivity index (χ2v) is 2.38. The molecule has 3 heteroatoms. The van der Waals surface area contributed by atoms with Crippen LogP contribution in [-0.4, -0.2) is 6.21 Å². The Morgan fingerprint density at radius 1 is 1.25 bits per heavy atom. The average Bonchev–Trinajstić information content (AvgIpc) is 2.06. The van der Waals surface area contributed by atoms with Gasteiger partial charge < -0.3 is 10.5 Å². The Balaban J connectivity index is 0.000000720. The van der Waals surface area contributed by atoms with Crippen molar-refractivity contribution in [2.24, 2.45) is 5.10 Å². The second kappa shape index (κ2) is 3.64. The van der Waals surface area contributed by atoms with E-state index in [4.69, 9.17) is 0 Å². The molecule has 1 aromatic carbocycles. The smallest absolute Gasteiger partial charge is 0.0116 e. The number of rotatable bonds is 0. The summed E-state index contributed by atoms with van der Waals surface area (Å²) in [6, 6.07) is 7.94. The molecule has 1 aliphatic heterocycles. The van der Waals surface area contributed by atoms with Gasteiger partial charge in [-0.1, -0.05) is 24.3 Å². The fourth-order valence-corrected chi connectivity index (χ4v) is 1.09. The van der Waals surface area contributed by atoms with E-state index < -0.39 is 0 Å². The van der Waals surface area contributed by atoms with Gasteiger partial charge in [-0.15, -0.1) is 12.3 Å². The Morgan fingerprint density at radius 2 is 2.00 bits per heavy atom. The van der Waals surface area contributed by atoms with E-state index in [1.54, 1.807) is 6.21 Å². The Hall–Kier alpha value is -0.947. The van der Waals surface area contributed by atoms with Crippen molar-refractivity contribution in [2.45, 2.75) is 0 Å². The maximum atomic E-state index is 3.85. The molecule has 63 valence electrons. The molecule has 1 aliphatic rings. The minimum Gasteiger partial charge on any atom is -0.575 e. The van der Waals surface area contributed by atoms with Crippen molar-refractivity contribution in [3.8, 4) is 0 Å². The van der Waals surface area contributed by atoms with E-state index in [-0.39, 0.29) is 19.5 Å². The van der Waals surface area contributed by atoms with Crippen LogP contribution in [0.4, 0.5) is 0 Å². The molecule has 0 aliphatic carbocycles. The number of nitrogens with zero attached hydrogens (tertiary/aromatic N) is 2. The van der Waals surface area contributed by atoms with Crippen molar-refractivity contribution in [3.05, 3.63) is 47.4 Å². The van der Waals surface area contributed by atoms with Crippen molar-refractivity contribution in [1.29, 1.82) is 0 Å². The van der Waals surface area contributed by atoms with Crippen LogP contribution < -0.4 is 0 Å². The maximum Gasteiger partial charge on any atom is 0.0116 e. The average molecular weight is 246 g/mol. The summed E-state index contributed by atoms with van der Waals surface area (Å²) in [6.45, 7) is 3.78. The summed E-state index contributed by atoms with van der Waals surface area (Å²) >= 11 is 0. The van der Waals surface area contributed by atoms with Crippen LogP contribution in [0, 0.1) is 0 Å². The van der Waals surface area contributed by atoms with Crippen molar-refractivity contribution in [1.82, 2.24) is 0 Å². The summed E-state index contributed by atoms with van der Waals surface area (Å²) in [7, 11) is 0. The molecule has 0 unspecified atom stereocenters. The van der Waals surface area contributed by atoms with Crippen LogP contribution in [0.15, 0.2) is 35.9 Å². The van der Waals surface area contributed by atoms with Gasteiger partial charge in [0.25, 0.3) is 0 Å². The molecule has 0 N–H and O–H groups in total. The van der Waals surface area contributed by atoms with Gasteiger partial charge in [-0.25, -0.2) is 0 Å². The van der Waals surface area contributed by atoms with Crippen molar-refractivity contribution in [3.63, 3.8) is 0 Å². The van der Waals surface area contributed by atoms with Crippen molar-refractivity contribution < 1.29 is 19.5 Å². The van der Waals surface area contributed by atoms with Crippen LogP contribution >= 0.6 is 0 Å². The van der Waals surface area contributed by atoms with E-state index in [0.29, 0.717) is 0 Å². The molecule has 0 amide bonds. The van der Waals surface area contributed by atoms with Crippen LogP contribution in [0.5, 0.6) is 0 Å². The molecule has 0 atom stereocenters. The van der Waals surface area contributed by atoms with Gasteiger partial charge in [0.1, 0.15) is 0 Å². The van der Waals surface area contributed by atoms with Crippen molar-refractivity contribution in [2.75, 3.05) is 0 Å². The monoisotopic (exact) mass is 246 g/mol. The Labute approximate surface area is 84.1 Å². The number of fused-ring (bicyclic) bond motifs is 1. The summed E-state index contributed by atoms with van der Waals surface area (Å²) in [5.74, 6) is 0. The Kier molecular flexibility index (Phi) is 2.77. The first-order valence-corrected chi connectivity index (χ1v) is 3.40. The number of hydrogen-bond donors (Lipinski definition) is 0. The summed E-state index contributed by atoms with van der Waals surface area (Å²) in [4.78, 5) is 0. The van der Waals surface area contributed by atoms with Gasteiger partial charge in [-0.2, -0.15) is 0 Å². The van der Waals surface area contributed by atoms with Crippen LogP contribution in [0.1, 0.15) is 11.1 Å². The third kappa shape index (κ3) is 1.46. The topological polar surface area (TPSA) is 26.5 Å². The third-order valence-electron chi connectivity index (χ3n) is 1.65. The van der Waals surface area contributed by atoms with E-state index in [2.05, 4.69) is 17.1 Å². The molecule has 0 fully saturated rings. The van der Waals surface area contributed by atoms with Gasteiger partial charge in [0.05, 0.1) is 0 Å². The predicted octanol–water partition coefficient (Wildman–Crippen LogP) is 2.38. The molecule has 2 rings (SSSR count). The van der Waals surface area contributed by atoms with E-state index in [9.17, 15) is 0 Å². The first kappa shape index (κ1) is 9.14. The normalized spacial score (nSPS) is 12.8. The number of hydrogen-bond acceptors (Lipinski definition) is 1. The van der Waals surface area contributed by atoms with E-state index in [1.807, 2.05) is 24.3 Å². The maximum absolute atomic E-state index is 3.85. The largest absolute Gasteiger partial charge is 0.575 e. The van der Waals surface area contributed by atoms with Crippen LogP contribution in [-0.2, 0) is 19.5 Å². The fourth-order valence-electron chi connectivity index (χ4n) is 1.09. The SMILES string of the molecule is C=C1[N-]N=Cc2ccccc21.[Rh]. The molecule has 0 aromatic heterocycles. The summed E-state index contributed by atoms with van der Waals surface area (Å²) < 4.78 is 0. The summed E-state index contributed by atoms with van der Waals surface area (Å²) in [5, 5.41) is 3.80. The Bertz CT molecular complexity index is 331. The van der Waals surface area contributed by atoms with Gasteiger partial charge in [-0.05, 0) is 11.1 Å². The van der Waals surface area contributed by atoms with Gasteiger partial charge in [0.15, 0.2) is 0 Å². The molecule has 1 heterocycles. The fraction of sp³-hybridized carbons (Fsp3) is 0. The first-order valence-electron chi connectivity index (χ1n) is 3.40. The quantitative estimate of drug-likeness (QED) is 0.628. The minimum atomic E-state index is 0. The molecule has 12 heavy (non-hydrogen) atoms. The van der Waals surface area contributed by atoms with E-state index in [1.165, 1.54) is 0 Å². The predicted molar refractivity (Wildman–Crippen MR) is 46.4 cm³/mol. The van der Waals surface area contributed by atoms with Crippen molar-refractivity contribution >= 4 is 11.9 Å². The molecule has 2 nitrogen and oxygen atoms in total. The third-order valence-corrected chi connectivity index (χ3v) is 1.65. The molecule has 1 aromatic rings. The molecule has 0 bridgehead atoms. The van der Waals surface area contributed by atoms with Crippen LogP contribution in [0.2, 0.25) is 0 Å². The molecular formula is C9H7N2Rh-. The zero-order valence-electron chi connectivity index (χ0n) is 6.32. The van der Waals surface area contributed by atoms with Gasteiger partial charge in [-0.3, -0.25) is 0 Å². The summed E-state index contributed by atoms with van der Waals surface area (Å²) in [5.41, 5.74) is 6.75. The Morgan fingerprint density at radius 3 is 2.75 bits per heavy atom. The van der Waals surface area contributed by atoms with E-state index in [0.717, 1.165) is 16.8 Å². The number of benzene rings is 1. The molecule has 1 radical (unpaired) electrons. The molecule has 0 saturated carbocycles. The molecule has 0 spiro atoms. The first-order chi connectivity index (χ1) is 5.38. The zero-order chi connectivity index (χ0) is 7.68. The zero-order valence-corrected chi connectivity index (χ0v) is 7.96. The molecular weight excluding hydrogens is 239 g/mol. The minimum absolute atomic E-state index is 0. The van der Waals surface area contributed by atoms with Gasteiger partial charge >= 0.3 is 0 Å². The van der Waals surface area contributed by atoms with E-state index >= 15 is 0 Å². The van der Waals surface area contributed by atoms with Crippen LogP contribution in [0.25, 0.3) is 11.1 Å². The standard InChI is InChI=1S/C9H7N2.Rh/c1-7-9-5-3-2-4-8(9)6-10-11-7;/h2-6H,1H2;/q-1;. The van der Waals surface area contributed by atoms with Crippen LogP contribution in [0.3, 0.4) is 0 Å². The van der Waals surface area contributed by atoms with Gasteiger partial charge in [0.2, 0.25) is 0 Å².